The number of nitrogens with two attached hydrogens (primary N) is 1. The maximum atomic E-state index is 5.73. The molecule has 0 aromatic carbocycles. The highest BCUT2D eigenvalue weighted by Crippen LogP contribution is 2.20. The Morgan fingerprint density at radius 3 is 2.91 bits per heavy atom. The monoisotopic (exact) mass is 215 g/mol. The van der Waals surface area contributed by atoms with Gasteiger partial charge in [0.2, 0.25) is 0 Å². The van der Waals surface area contributed by atoms with E-state index in [-0.39, 0.29) is 6.04 Å². The molecule has 60 valence electrons. The minimum absolute atomic E-state index is 0.0706. The minimum Gasteiger partial charge on any atom is -0.453 e. The van der Waals surface area contributed by atoms with Crippen LogP contribution in [-0.2, 0) is 0 Å². The topological polar surface area (TPSA) is 39.2 Å². The molecule has 0 aliphatic heterocycles. The third kappa shape index (κ3) is 2.20. The second-order valence-electron chi connectivity index (χ2n) is 2.27. The summed E-state index contributed by atoms with van der Waals surface area (Å²) in [6.45, 7) is 3.60. The third-order valence-electron chi connectivity index (χ3n) is 1.38. The largest absolute Gasteiger partial charge is 0.453 e. The molecule has 0 aliphatic rings. The zero-order valence-corrected chi connectivity index (χ0v) is 7.67. The molecule has 0 fully saturated rings. The minimum atomic E-state index is -0.0706. The van der Waals surface area contributed by atoms with Crippen LogP contribution in [0.25, 0.3) is 0 Å². The smallest absolute Gasteiger partial charge is 0.169 e. The van der Waals surface area contributed by atoms with Gasteiger partial charge in [-0.2, -0.15) is 0 Å². The molecule has 0 radical (unpaired) electrons. The summed E-state index contributed by atoms with van der Waals surface area (Å²) < 4.78 is 5.96. The van der Waals surface area contributed by atoms with Crippen LogP contribution in [0.4, 0.5) is 0 Å². The summed E-state index contributed by atoms with van der Waals surface area (Å²) in [6.07, 6.45) is 2.51. The van der Waals surface area contributed by atoms with Crippen LogP contribution < -0.4 is 5.73 Å². The van der Waals surface area contributed by atoms with Crippen molar-refractivity contribution in [3.05, 3.63) is 35.2 Å². The molecule has 2 nitrogen and oxygen atoms in total. The molecule has 3 heteroatoms. The molecule has 1 aromatic rings. The van der Waals surface area contributed by atoms with E-state index in [0.29, 0.717) is 4.67 Å². The number of furan rings is 1. The van der Waals surface area contributed by atoms with Gasteiger partial charge in [-0.05, 0) is 34.5 Å². The first-order valence-corrected chi connectivity index (χ1v) is 4.15. The van der Waals surface area contributed by atoms with Crippen molar-refractivity contribution in [2.75, 3.05) is 0 Å². The van der Waals surface area contributed by atoms with E-state index >= 15 is 0 Å². The number of hydrogen-bond donors (Lipinski definition) is 1. The zero-order valence-electron chi connectivity index (χ0n) is 6.09. The van der Waals surface area contributed by atoms with Gasteiger partial charge in [-0.15, -0.1) is 6.58 Å². The van der Waals surface area contributed by atoms with Gasteiger partial charge in [0.1, 0.15) is 5.76 Å². The van der Waals surface area contributed by atoms with Crippen LogP contribution in [-0.4, -0.2) is 0 Å². The molecule has 1 aromatic heterocycles. The number of hydrogen-bond acceptors (Lipinski definition) is 2. The fourth-order valence-electron chi connectivity index (χ4n) is 0.823. The molecule has 1 heterocycles. The van der Waals surface area contributed by atoms with Gasteiger partial charge in [0, 0.05) is 0 Å². The van der Waals surface area contributed by atoms with Crippen molar-refractivity contribution in [2.45, 2.75) is 12.5 Å². The van der Waals surface area contributed by atoms with E-state index in [1.54, 1.807) is 6.08 Å². The second kappa shape index (κ2) is 3.74. The van der Waals surface area contributed by atoms with Crippen LogP contribution in [0.15, 0.2) is 33.9 Å². The van der Waals surface area contributed by atoms with Gasteiger partial charge in [-0.25, -0.2) is 0 Å². The molecule has 0 unspecified atom stereocenters. The van der Waals surface area contributed by atoms with Crippen LogP contribution in [0.2, 0.25) is 0 Å². The Balaban J connectivity index is 2.67. The van der Waals surface area contributed by atoms with Crippen molar-refractivity contribution in [3.63, 3.8) is 0 Å². The summed E-state index contributed by atoms with van der Waals surface area (Å²) >= 11 is 3.20. The summed E-state index contributed by atoms with van der Waals surface area (Å²) in [5.74, 6) is 0.789. The number of halogens is 1. The van der Waals surface area contributed by atoms with E-state index in [0.717, 1.165) is 12.2 Å². The summed E-state index contributed by atoms with van der Waals surface area (Å²) in [7, 11) is 0. The van der Waals surface area contributed by atoms with E-state index in [1.165, 1.54) is 0 Å². The molecule has 0 saturated carbocycles. The maximum Gasteiger partial charge on any atom is 0.169 e. The van der Waals surface area contributed by atoms with Crippen molar-refractivity contribution < 1.29 is 4.42 Å². The lowest BCUT2D eigenvalue weighted by molar-refractivity contribution is 0.450. The van der Waals surface area contributed by atoms with Gasteiger partial charge < -0.3 is 10.2 Å². The average molecular weight is 216 g/mol. The Bertz CT molecular complexity index is 244. The number of rotatable bonds is 3. The van der Waals surface area contributed by atoms with E-state index in [1.807, 2.05) is 12.1 Å². The zero-order chi connectivity index (χ0) is 8.27. The van der Waals surface area contributed by atoms with Crippen molar-refractivity contribution in [3.8, 4) is 0 Å². The normalized spacial score (nSPS) is 12.9. The molecule has 0 spiro atoms. The average Bonchev–Trinajstić information content (AvgIpc) is 2.36. The standard InChI is InChI=1S/C8H10BrNO/c1-2-3-6(10)7-4-5-8(9)11-7/h2,4-6H,1,3,10H2/t6-/m0/s1. The SMILES string of the molecule is C=CC[C@H](N)c1ccc(Br)o1. The molecule has 1 rings (SSSR count). The lowest BCUT2D eigenvalue weighted by Gasteiger charge is -2.03. The van der Waals surface area contributed by atoms with Gasteiger partial charge in [0.05, 0.1) is 6.04 Å². The van der Waals surface area contributed by atoms with Gasteiger partial charge >= 0.3 is 0 Å². The van der Waals surface area contributed by atoms with Crippen LogP contribution in [0, 0.1) is 0 Å². The first-order chi connectivity index (χ1) is 5.24. The highest BCUT2D eigenvalue weighted by Gasteiger charge is 2.07. The van der Waals surface area contributed by atoms with Crippen molar-refractivity contribution >= 4 is 15.9 Å². The van der Waals surface area contributed by atoms with Gasteiger partial charge in [-0.3, -0.25) is 0 Å². The van der Waals surface area contributed by atoms with Crippen molar-refractivity contribution in [2.24, 2.45) is 5.73 Å². The Labute approximate surface area is 74.2 Å². The molecule has 0 bridgehead atoms. The fourth-order valence-corrected chi connectivity index (χ4v) is 1.14. The molecular formula is C8H10BrNO. The van der Waals surface area contributed by atoms with E-state index < -0.39 is 0 Å². The van der Waals surface area contributed by atoms with Crippen LogP contribution in [0.1, 0.15) is 18.2 Å². The lowest BCUT2D eigenvalue weighted by Crippen LogP contribution is -2.07. The molecule has 11 heavy (non-hydrogen) atoms. The predicted octanol–water partition coefficient (Wildman–Crippen LogP) is 2.62. The first-order valence-electron chi connectivity index (χ1n) is 3.35. The van der Waals surface area contributed by atoms with Crippen LogP contribution in [0.5, 0.6) is 0 Å². The van der Waals surface area contributed by atoms with Gasteiger partial charge in [0.15, 0.2) is 4.67 Å². The highest BCUT2D eigenvalue weighted by molar-refractivity contribution is 9.10. The molecule has 1 atom stereocenters. The van der Waals surface area contributed by atoms with Crippen LogP contribution >= 0.6 is 15.9 Å². The fraction of sp³-hybridized carbons (Fsp3) is 0.250. The highest BCUT2D eigenvalue weighted by atomic mass is 79.9. The summed E-state index contributed by atoms with van der Waals surface area (Å²) in [4.78, 5) is 0. The van der Waals surface area contributed by atoms with E-state index in [4.69, 9.17) is 10.2 Å². The van der Waals surface area contributed by atoms with Crippen molar-refractivity contribution in [1.82, 2.24) is 0 Å². The summed E-state index contributed by atoms with van der Waals surface area (Å²) in [6, 6.07) is 3.62. The summed E-state index contributed by atoms with van der Waals surface area (Å²) in [5.41, 5.74) is 5.73. The Hall–Kier alpha value is -0.540. The predicted molar refractivity (Wildman–Crippen MR) is 48.2 cm³/mol. The Kier molecular flexibility index (Phi) is 2.91. The molecule has 0 aliphatic carbocycles. The van der Waals surface area contributed by atoms with Crippen LogP contribution in [0.3, 0.4) is 0 Å². The second-order valence-corrected chi connectivity index (χ2v) is 3.05. The van der Waals surface area contributed by atoms with Gasteiger partial charge in [-0.1, -0.05) is 6.08 Å². The molecule has 0 amide bonds. The van der Waals surface area contributed by atoms with Gasteiger partial charge in [0.25, 0.3) is 0 Å². The third-order valence-corrected chi connectivity index (χ3v) is 1.81. The lowest BCUT2D eigenvalue weighted by atomic mass is 10.2. The van der Waals surface area contributed by atoms with E-state index in [9.17, 15) is 0 Å². The maximum absolute atomic E-state index is 5.73. The molecule has 2 N–H and O–H groups in total. The van der Waals surface area contributed by atoms with Crippen molar-refractivity contribution in [1.29, 1.82) is 0 Å². The Morgan fingerprint density at radius 2 is 2.45 bits per heavy atom. The Morgan fingerprint density at radius 1 is 1.73 bits per heavy atom. The molecule has 0 saturated heterocycles. The van der Waals surface area contributed by atoms with E-state index in [2.05, 4.69) is 22.5 Å². The summed E-state index contributed by atoms with van der Waals surface area (Å²) in [5, 5.41) is 0. The molecular weight excluding hydrogens is 206 g/mol. The first kappa shape index (κ1) is 8.56. The quantitative estimate of drug-likeness (QED) is 0.788.